The third kappa shape index (κ3) is 4.73. The predicted octanol–water partition coefficient (Wildman–Crippen LogP) is 3.06. The number of ether oxygens (including phenoxy) is 3. The summed E-state index contributed by atoms with van der Waals surface area (Å²) in [6.45, 7) is 4.76. The number of anilines is 2. The van der Waals surface area contributed by atoms with E-state index < -0.39 is 0 Å². The molecule has 0 saturated carbocycles. The fraction of sp³-hybridized carbons (Fsp3) is 0.316. The van der Waals surface area contributed by atoms with Gasteiger partial charge in [-0.15, -0.1) is 0 Å². The molecule has 2 aromatic heterocycles. The van der Waals surface area contributed by atoms with Crippen molar-refractivity contribution in [3.05, 3.63) is 48.2 Å². The molecular formula is C19H23N5O3. The van der Waals surface area contributed by atoms with Crippen molar-refractivity contribution in [1.29, 1.82) is 0 Å². The second-order valence-corrected chi connectivity index (χ2v) is 5.95. The van der Waals surface area contributed by atoms with Gasteiger partial charge in [-0.1, -0.05) is 0 Å². The van der Waals surface area contributed by atoms with Crippen molar-refractivity contribution >= 4 is 11.6 Å². The van der Waals surface area contributed by atoms with E-state index in [0.29, 0.717) is 30.8 Å². The van der Waals surface area contributed by atoms with Gasteiger partial charge in [0.25, 0.3) is 0 Å². The molecule has 3 rings (SSSR count). The van der Waals surface area contributed by atoms with Crippen LogP contribution in [-0.2, 0) is 4.74 Å². The first-order chi connectivity index (χ1) is 13.1. The largest absolute Gasteiger partial charge is 0.494 e. The number of hydrogen-bond acceptors (Lipinski definition) is 7. The summed E-state index contributed by atoms with van der Waals surface area (Å²) in [6.07, 6.45) is 3.70. The molecule has 0 atom stereocenters. The number of imidazole rings is 1. The van der Waals surface area contributed by atoms with Gasteiger partial charge >= 0.3 is 0 Å². The van der Waals surface area contributed by atoms with Gasteiger partial charge in [-0.05, 0) is 26.0 Å². The monoisotopic (exact) mass is 369 g/mol. The molecule has 1 aromatic carbocycles. The van der Waals surface area contributed by atoms with Gasteiger partial charge in [-0.2, -0.15) is 4.98 Å². The lowest BCUT2D eigenvalue weighted by Crippen LogP contribution is -2.07. The molecule has 8 heteroatoms. The molecule has 0 amide bonds. The third-order valence-corrected chi connectivity index (χ3v) is 3.79. The highest BCUT2D eigenvalue weighted by Gasteiger charge is 2.09. The summed E-state index contributed by atoms with van der Waals surface area (Å²) in [5, 5.41) is 3.20. The molecule has 0 fully saturated rings. The van der Waals surface area contributed by atoms with Gasteiger partial charge in [0, 0.05) is 36.8 Å². The van der Waals surface area contributed by atoms with Crippen LogP contribution in [0.3, 0.4) is 0 Å². The fourth-order valence-corrected chi connectivity index (χ4v) is 2.55. The predicted molar refractivity (Wildman–Crippen MR) is 102 cm³/mol. The number of benzene rings is 1. The maximum atomic E-state index is 5.58. The minimum absolute atomic E-state index is 0.430. The number of hydrogen-bond donors (Lipinski definition) is 1. The van der Waals surface area contributed by atoms with Crippen LogP contribution < -0.4 is 14.8 Å². The van der Waals surface area contributed by atoms with Crippen molar-refractivity contribution in [1.82, 2.24) is 19.5 Å². The molecule has 0 aliphatic carbocycles. The van der Waals surface area contributed by atoms with Crippen molar-refractivity contribution in [2.45, 2.75) is 13.8 Å². The SMILES string of the molecule is COCCOc1cc(C)nc(Nc2ccc(-n3cnc(C)c3)c(OC)c2)n1. The summed E-state index contributed by atoms with van der Waals surface area (Å²) < 4.78 is 18.0. The second-order valence-electron chi connectivity index (χ2n) is 5.95. The molecule has 27 heavy (non-hydrogen) atoms. The lowest BCUT2D eigenvalue weighted by atomic mass is 10.2. The Bertz CT molecular complexity index is 910. The standard InChI is InChI=1S/C19H23N5O3/c1-13-9-18(27-8-7-25-3)23-19(21-13)22-15-5-6-16(17(10-15)26-4)24-11-14(2)20-12-24/h5-6,9-12H,7-8H2,1-4H3,(H,21,22,23). The third-order valence-electron chi connectivity index (χ3n) is 3.79. The number of aryl methyl sites for hydroxylation is 2. The fourth-order valence-electron chi connectivity index (χ4n) is 2.55. The molecule has 0 saturated heterocycles. The number of methoxy groups -OCH3 is 2. The number of nitrogens with zero attached hydrogens (tertiary/aromatic N) is 4. The highest BCUT2D eigenvalue weighted by molar-refractivity contribution is 5.62. The normalized spacial score (nSPS) is 10.7. The number of nitrogens with one attached hydrogen (secondary N) is 1. The summed E-state index contributed by atoms with van der Waals surface area (Å²) >= 11 is 0. The second kappa shape index (κ2) is 8.50. The summed E-state index contributed by atoms with van der Waals surface area (Å²) in [5.41, 5.74) is 3.45. The molecule has 8 nitrogen and oxygen atoms in total. The van der Waals surface area contributed by atoms with Gasteiger partial charge in [0.05, 0.1) is 31.4 Å². The zero-order valence-corrected chi connectivity index (χ0v) is 15.9. The molecule has 0 spiro atoms. The van der Waals surface area contributed by atoms with Crippen molar-refractivity contribution in [3.63, 3.8) is 0 Å². The molecule has 0 bridgehead atoms. The molecule has 0 radical (unpaired) electrons. The van der Waals surface area contributed by atoms with Crippen molar-refractivity contribution in [2.75, 3.05) is 32.8 Å². The number of rotatable bonds is 8. The first-order valence-corrected chi connectivity index (χ1v) is 8.52. The van der Waals surface area contributed by atoms with E-state index >= 15 is 0 Å². The smallest absolute Gasteiger partial charge is 0.230 e. The van der Waals surface area contributed by atoms with E-state index in [2.05, 4.69) is 20.3 Å². The highest BCUT2D eigenvalue weighted by atomic mass is 16.5. The molecule has 0 unspecified atom stereocenters. The topological polar surface area (TPSA) is 83.3 Å². The van der Waals surface area contributed by atoms with Gasteiger partial charge in [0.15, 0.2) is 0 Å². The Morgan fingerprint density at radius 1 is 1.04 bits per heavy atom. The Balaban J connectivity index is 1.81. The Labute approximate surface area is 158 Å². The van der Waals surface area contributed by atoms with E-state index in [-0.39, 0.29) is 0 Å². The molecule has 0 aliphatic heterocycles. The van der Waals surface area contributed by atoms with Crippen LogP contribution in [0.1, 0.15) is 11.4 Å². The van der Waals surface area contributed by atoms with E-state index in [9.17, 15) is 0 Å². The van der Waals surface area contributed by atoms with Gasteiger partial charge in [-0.25, -0.2) is 9.97 Å². The molecule has 1 N–H and O–H groups in total. The first kappa shape index (κ1) is 18.7. The van der Waals surface area contributed by atoms with E-state index in [1.165, 1.54) is 0 Å². The van der Waals surface area contributed by atoms with E-state index in [0.717, 1.165) is 22.8 Å². The first-order valence-electron chi connectivity index (χ1n) is 8.52. The lowest BCUT2D eigenvalue weighted by molar-refractivity contribution is 0.143. The van der Waals surface area contributed by atoms with Gasteiger partial charge in [-0.3, -0.25) is 0 Å². The Morgan fingerprint density at radius 2 is 1.89 bits per heavy atom. The summed E-state index contributed by atoms with van der Waals surface area (Å²) in [6, 6.07) is 7.56. The van der Waals surface area contributed by atoms with Gasteiger partial charge < -0.3 is 24.1 Å². The quantitative estimate of drug-likeness (QED) is 0.611. The zero-order valence-electron chi connectivity index (χ0n) is 15.9. The van der Waals surface area contributed by atoms with E-state index in [4.69, 9.17) is 14.2 Å². The molecular weight excluding hydrogens is 346 g/mol. The molecule has 3 aromatic rings. The summed E-state index contributed by atoms with van der Waals surface area (Å²) in [7, 11) is 3.26. The molecule has 0 aliphatic rings. The molecule has 2 heterocycles. The van der Waals surface area contributed by atoms with Crippen LogP contribution in [-0.4, -0.2) is 47.0 Å². The van der Waals surface area contributed by atoms with Crippen molar-refractivity contribution in [2.24, 2.45) is 0 Å². The van der Waals surface area contributed by atoms with Gasteiger partial charge in [0.2, 0.25) is 11.8 Å². The van der Waals surface area contributed by atoms with E-state index in [1.54, 1.807) is 26.6 Å². The average molecular weight is 369 g/mol. The van der Waals surface area contributed by atoms with Crippen molar-refractivity contribution < 1.29 is 14.2 Å². The Morgan fingerprint density at radius 3 is 2.59 bits per heavy atom. The minimum atomic E-state index is 0.430. The summed E-state index contributed by atoms with van der Waals surface area (Å²) in [5.74, 6) is 1.66. The lowest BCUT2D eigenvalue weighted by Gasteiger charge is -2.13. The van der Waals surface area contributed by atoms with Crippen LogP contribution >= 0.6 is 0 Å². The number of aromatic nitrogens is 4. The average Bonchev–Trinajstić information content (AvgIpc) is 3.07. The maximum absolute atomic E-state index is 5.58. The van der Waals surface area contributed by atoms with Crippen LogP contribution in [0, 0.1) is 13.8 Å². The van der Waals surface area contributed by atoms with Crippen LogP contribution in [0.15, 0.2) is 36.8 Å². The van der Waals surface area contributed by atoms with Crippen LogP contribution in [0.5, 0.6) is 11.6 Å². The molecule has 142 valence electrons. The maximum Gasteiger partial charge on any atom is 0.230 e. The van der Waals surface area contributed by atoms with Crippen LogP contribution in [0.2, 0.25) is 0 Å². The van der Waals surface area contributed by atoms with Crippen LogP contribution in [0.25, 0.3) is 5.69 Å². The Hall–Kier alpha value is -3.13. The Kier molecular flexibility index (Phi) is 5.87. The zero-order chi connectivity index (χ0) is 19.2. The van der Waals surface area contributed by atoms with E-state index in [1.807, 2.05) is 42.8 Å². The minimum Gasteiger partial charge on any atom is -0.494 e. The van der Waals surface area contributed by atoms with Gasteiger partial charge in [0.1, 0.15) is 12.4 Å². The highest BCUT2D eigenvalue weighted by Crippen LogP contribution is 2.28. The summed E-state index contributed by atoms with van der Waals surface area (Å²) in [4.78, 5) is 13.0. The van der Waals surface area contributed by atoms with Crippen molar-refractivity contribution in [3.8, 4) is 17.3 Å². The van der Waals surface area contributed by atoms with Crippen LogP contribution in [0.4, 0.5) is 11.6 Å².